The largest absolute Gasteiger partial charge is 0.497 e. The number of aryl methyl sites for hydroxylation is 1. The van der Waals surface area contributed by atoms with Crippen LogP contribution in [0.4, 0.5) is 0 Å². The molecular formula is C22H24N2O3. The lowest BCUT2D eigenvalue weighted by Crippen LogP contribution is -2.51. The van der Waals surface area contributed by atoms with Crippen LogP contribution < -0.4 is 4.74 Å². The van der Waals surface area contributed by atoms with Crippen molar-refractivity contribution in [1.82, 2.24) is 9.80 Å². The smallest absolute Gasteiger partial charge is 0.254 e. The van der Waals surface area contributed by atoms with Gasteiger partial charge in [0, 0.05) is 31.7 Å². The van der Waals surface area contributed by atoms with Gasteiger partial charge in [-0.2, -0.15) is 0 Å². The third kappa shape index (κ3) is 3.42. The first kappa shape index (κ1) is 17.6. The average Bonchev–Trinajstić information content (AvgIpc) is 3.17. The predicted molar refractivity (Wildman–Crippen MR) is 103 cm³/mol. The Balaban J connectivity index is 1.39. The number of methoxy groups -OCH3 is 1. The van der Waals surface area contributed by atoms with Crippen LogP contribution >= 0.6 is 0 Å². The first-order valence-corrected chi connectivity index (χ1v) is 9.47. The normalized spacial score (nSPS) is 18.9. The quantitative estimate of drug-likeness (QED) is 0.841. The molecule has 1 heterocycles. The highest BCUT2D eigenvalue weighted by Crippen LogP contribution is 2.34. The second-order valence-corrected chi connectivity index (χ2v) is 7.14. The van der Waals surface area contributed by atoms with E-state index < -0.39 is 0 Å². The molecule has 1 saturated heterocycles. The van der Waals surface area contributed by atoms with Crippen molar-refractivity contribution in [3.05, 3.63) is 65.2 Å². The Morgan fingerprint density at radius 1 is 0.963 bits per heavy atom. The summed E-state index contributed by atoms with van der Waals surface area (Å²) < 4.78 is 5.20. The van der Waals surface area contributed by atoms with E-state index >= 15 is 0 Å². The molecule has 0 spiro atoms. The highest BCUT2D eigenvalue weighted by atomic mass is 16.5. The van der Waals surface area contributed by atoms with Gasteiger partial charge in [0.2, 0.25) is 5.91 Å². The van der Waals surface area contributed by atoms with Gasteiger partial charge in [0.05, 0.1) is 13.0 Å². The van der Waals surface area contributed by atoms with Crippen molar-refractivity contribution in [2.24, 2.45) is 0 Å². The Labute approximate surface area is 159 Å². The molecule has 0 aromatic heterocycles. The number of hydrogen-bond acceptors (Lipinski definition) is 3. The minimum atomic E-state index is -0.0261. The molecule has 27 heavy (non-hydrogen) atoms. The molecule has 0 saturated carbocycles. The lowest BCUT2D eigenvalue weighted by Gasteiger charge is -2.36. The summed E-state index contributed by atoms with van der Waals surface area (Å²) in [4.78, 5) is 29.5. The topological polar surface area (TPSA) is 49.9 Å². The van der Waals surface area contributed by atoms with Gasteiger partial charge in [-0.15, -0.1) is 0 Å². The summed E-state index contributed by atoms with van der Waals surface area (Å²) in [6, 6.07) is 15.5. The van der Waals surface area contributed by atoms with Crippen molar-refractivity contribution >= 4 is 11.8 Å². The van der Waals surface area contributed by atoms with E-state index in [0.29, 0.717) is 37.5 Å². The second kappa shape index (κ2) is 7.43. The number of piperazine rings is 1. The number of hydrogen-bond donors (Lipinski definition) is 0. The van der Waals surface area contributed by atoms with Crippen molar-refractivity contribution in [1.29, 1.82) is 0 Å². The van der Waals surface area contributed by atoms with Gasteiger partial charge < -0.3 is 14.5 Å². The average molecular weight is 364 g/mol. The van der Waals surface area contributed by atoms with Gasteiger partial charge in [-0.3, -0.25) is 9.59 Å². The monoisotopic (exact) mass is 364 g/mol. The molecule has 4 rings (SSSR count). The van der Waals surface area contributed by atoms with E-state index in [0.717, 1.165) is 12.8 Å². The summed E-state index contributed by atoms with van der Waals surface area (Å²) in [6.07, 6.45) is 1.86. The lowest BCUT2D eigenvalue weighted by atomic mass is 9.99. The summed E-state index contributed by atoms with van der Waals surface area (Å²) in [6.45, 7) is 2.31. The van der Waals surface area contributed by atoms with Crippen LogP contribution in [0.5, 0.6) is 5.75 Å². The SMILES string of the molecule is COc1cccc(C(=O)N2CCN(C(=O)[C@H]3CCc4ccccc43)CC2)c1. The molecule has 1 fully saturated rings. The molecule has 5 nitrogen and oxygen atoms in total. The molecule has 0 unspecified atom stereocenters. The van der Waals surface area contributed by atoms with Crippen LogP contribution in [0.25, 0.3) is 0 Å². The van der Waals surface area contributed by atoms with E-state index in [1.807, 2.05) is 34.1 Å². The van der Waals surface area contributed by atoms with Crippen molar-refractivity contribution in [2.45, 2.75) is 18.8 Å². The zero-order chi connectivity index (χ0) is 18.8. The van der Waals surface area contributed by atoms with Crippen molar-refractivity contribution in [2.75, 3.05) is 33.3 Å². The molecule has 1 aliphatic heterocycles. The van der Waals surface area contributed by atoms with Crippen LogP contribution in [0.15, 0.2) is 48.5 Å². The maximum Gasteiger partial charge on any atom is 0.254 e. The molecule has 0 bridgehead atoms. The minimum absolute atomic E-state index is 0.00721. The fourth-order valence-corrected chi connectivity index (χ4v) is 4.10. The predicted octanol–water partition coefficient (Wildman–Crippen LogP) is 2.71. The number of carbonyl (C=O) groups excluding carboxylic acids is 2. The molecule has 2 amide bonds. The molecule has 2 aromatic rings. The van der Waals surface area contributed by atoms with Gasteiger partial charge in [0.15, 0.2) is 0 Å². The molecule has 1 aliphatic carbocycles. The van der Waals surface area contributed by atoms with E-state index in [2.05, 4.69) is 12.1 Å². The fourth-order valence-electron chi connectivity index (χ4n) is 4.10. The third-order valence-corrected chi connectivity index (χ3v) is 5.63. The van der Waals surface area contributed by atoms with E-state index in [1.54, 1.807) is 19.2 Å². The fraction of sp³-hybridized carbons (Fsp3) is 0.364. The maximum atomic E-state index is 13.0. The summed E-state index contributed by atoms with van der Waals surface area (Å²) in [5, 5.41) is 0. The Hall–Kier alpha value is -2.82. The summed E-state index contributed by atoms with van der Waals surface area (Å²) in [7, 11) is 1.59. The van der Waals surface area contributed by atoms with Gasteiger partial charge in [-0.05, 0) is 42.2 Å². The van der Waals surface area contributed by atoms with Crippen LogP contribution in [0.2, 0.25) is 0 Å². The number of ether oxygens (including phenoxy) is 1. The van der Waals surface area contributed by atoms with Gasteiger partial charge in [-0.25, -0.2) is 0 Å². The van der Waals surface area contributed by atoms with Crippen LogP contribution in [-0.2, 0) is 11.2 Å². The lowest BCUT2D eigenvalue weighted by molar-refractivity contribution is -0.134. The molecule has 0 N–H and O–H groups in total. The summed E-state index contributed by atoms with van der Waals surface area (Å²) in [5.74, 6) is 0.844. The molecule has 2 aliphatic rings. The van der Waals surface area contributed by atoms with Gasteiger partial charge >= 0.3 is 0 Å². The number of fused-ring (bicyclic) bond motifs is 1. The number of rotatable bonds is 3. The first-order valence-electron chi connectivity index (χ1n) is 9.47. The Morgan fingerprint density at radius 2 is 1.70 bits per heavy atom. The van der Waals surface area contributed by atoms with Crippen molar-refractivity contribution in [3.63, 3.8) is 0 Å². The van der Waals surface area contributed by atoms with E-state index in [1.165, 1.54) is 11.1 Å². The van der Waals surface area contributed by atoms with Crippen LogP contribution in [0.3, 0.4) is 0 Å². The number of nitrogens with zero attached hydrogens (tertiary/aromatic N) is 2. The summed E-state index contributed by atoms with van der Waals surface area (Å²) >= 11 is 0. The highest BCUT2D eigenvalue weighted by Gasteiger charge is 2.33. The molecule has 5 heteroatoms. The van der Waals surface area contributed by atoms with E-state index in [9.17, 15) is 9.59 Å². The number of benzene rings is 2. The Kier molecular flexibility index (Phi) is 4.84. The Morgan fingerprint density at radius 3 is 2.48 bits per heavy atom. The second-order valence-electron chi connectivity index (χ2n) is 7.14. The van der Waals surface area contributed by atoms with E-state index in [4.69, 9.17) is 4.74 Å². The maximum absolute atomic E-state index is 13.0. The summed E-state index contributed by atoms with van der Waals surface area (Å²) in [5.41, 5.74) is 3.10. The van der Waals surface area contributed by atoms with E-state index in [-0.39, 0.29) is 17.7 Å². The van der Waals surface area contributed by atoms with Crippen molar-refractivity contribution in [3.8, 4) is 5.75 Å². The zero-order valence-electron chi connectivity index (χ0n) is 15.6. The van der Waals surface area contributed by atoms with Crippen molar-refractivity contribution < 1.29 is 14.3 Å². The van der Waals surface area contributed by atoms with Gasteiger partial charge in [-0.1, -0.05) is 30.3 Å². The standard InChI is InChI=1S/C22H24N2O3/c1-27-18-7-4-6-17(15-18)21(25)23-11-13-24(14-12-23)22(26)20-10-9-16-5-2-3-8-19(16)20/h2-8,15,20H,9-14H2,1H3/t20-/m0/s1. The zero-order valence-corrected chi connectivity index (χ0v) is 15.6. The number of carbonyl (C=O) groups is 2. The van der Waals surface area contributed by atoms with Gasteiger partial charge in [0.1, 0.15) is 5.75 Å². The third-order valence-electron chi connectivity index (χ3n) is 5.63. The van der Waals surface area contributed by atoms with Crippen LogP contribution in [0, 0.1) is 0 Å². The highest BCUT2D eigenvalue weighted by molar-refractivity contribution is 5.95. The molecule has 2 aromatic carbocycles. The number of amides is 2. The first-order chi connectivity index (χ1) is 13.2. The molecule has 0 radical (unpaired) electrons. The molecular weight excluding hydrogens is 340 g/mol. The Bertz CT molecular complexity index is 856. The molecule has 1 atom stereocenters. The molecule has 140 valence electrons. The van der Waals surface area contributed by atoms with Gasteiger partial charge in [0.25, 0.3) is 5.91 Å². The van der Waals surface area contributed by atoms with Crippen LogP contribution in [-0.4, -0.2) is 54.9 Å². The van der Waals surface area contributed by atoms with Crippen LogP contribution in [0.1, 0.15) is 33.8 Å². The minimum Gasteiger partial charge on any atom is -0.497 e.